The van der Waals surface area contributed by atoms with Gasteiger partial charge in [0.25, 0.3) is 5.69 Å². The second kappa shape index (κ2) is 10.1. The van der Waals surface area contributed by atoms with Crippen LogP contribution in [0.2, 0.25) is 0 Å². The quantitative estimate of drug-likeness (QED) is 0.349. The largest absolute Gasteiger partial charge is 0.400 e. The number of carbonyl (C=O) groups is 1. The minimum atomic E-state index is -0.503. The molecule has 2 aromatic rings. The van der Waals surface area contributed by atoms with Crippen molar-refractivity contribution in [1.82, 2.24) is 0 Å². The van der Waals surface area contributed by atoms with Gasteiger partial charge in [-0.2, -0.15) is 0 Å². The molecule has 0 aromatic heterocycles. The lowest BCUT2D eigenvalue weighted by Gasteiger charge is -2.08. The third-order valence-corrected chi connectivity index (χ3v) is 3.11. The molecular formula is C17H20N2O5. The van der Waals surface area contributed by atoms with Crippen molar-refractivity contribution in [1.29, 1.82) is 0 Å². The zero-order chi connectivity index (χ0) is 17.9. The van der Waals surface area contributed by atoms with Gasteiger partial charge in [-0.3, -0.25) is 14.9 Å². The molecule has 2 rings (SSSR count). The molecule has 2 aromatic carbocycles. The molecule has 24 heavy (non-hydrogen) atoms. The van der Waals surface area contributed by atoms with Gasteiger partial charge < -0.3 is 15.2 Å². The van der Waals surface area contributed by atoms with E-state index in [1.165, 1.54) is 6.07 Å². The van der Waals surface area contributed by atoms with E-state index >= 15 is 0 Å². The van der Waals surface area contributed by atoms with Crippen molar-refractivity contribution < 1.29 is 19.6 Å². The number of methoxy groups -OCH3 is 1. The number of ketones is 1. The van der Waals surface area contributed by atoms with Gasteiger partial charge in [0.1, 0.15) is 5.69 Å². The molecule has 0 atom stereocenters. The maximum atomic E-state index is 12.3. The highest BCUT2D eigenvalue weighted by atomic mass is 16.6. The molecule has 7 heteroatoms. The molecule has 0 amide bonds. The number of hydrogen-bond acceptors (Lipinski definition) is 6. The number of aliphatic hydroxyl groups excluding tert-OH is 1. The average Bonchev–Trinajstić information content (AvgIpc) is 2.64. The summed E-state index contributed by atoms with van der Waals surface area (Å²) in [5.74, 6) is -0.243. The minimum absolute atomic E-state index is 0.127. The number of nitrogens with zero attached hydrogens (tertiary/aromatic N) is 1. The number of nitro groups is 1. The number of aliphatic hydroxyl groups is 1. The number of nitrogens with one attached hydrogen (secondary N) is 1. The fourth-order valence-electron chi connectivity index (χ4n) is 2.02. The van der Waals surface area contributed by atoms with Gasteiger partial charge in [-0.05, 0) is 12.1 Å². The standard InChI is InChI=1S/C16H16N2O4.CH4O/c1-22-10-9-17-14-8-7-13(11-15(14)18(20)21)16(19)12-5-3-2-4-6-12;1-2/h2-8,11,17H,9-10H2,1H3;2H,1H3. The van der Waals surface area contributed by atoms with Gasteiger partial charge in [-0.25, -0.2) is 0 Å². The van der Waals surface area contributed by atoms with Crippen LogP contribution < -0.4 is 5.32 Å². The van der Waals surface area contributed by atoms with E-state index in [9.17, 15) is 14.9 Å². The summed E-state index contributed by atoms with van der Waals surface area (Å²) < 4.78 is 4.90. The SMILES string of the molecule is CO.COCCNc1ccc(C(=O)c2ccccc2)cc1[N+](=O)[O-]. The van der Waals surface area contributed by atoms with Gasteiger partial charge in [-0.15, -0.1) is 0 Å². The highest BCUT2D eigenvalue weighted by Crippen LogP contribution is 2.26. The fraction of sp³-hybridized carbons (Fsp3) is 0.235. The zero-order valence-electron chi connectivity index (χ0n) is 13.6. The maximum Gasteiger partial charge on any atom is 0.293 e. The Bertz CT molecular complexity index is 674. The molecule has 0 saturated carbocycles. The molecule has 128 valence electrons. The summed E-state index contributed by atoms with van der Waals surface area (Å²) in [6.07, 6.45) is 0. The normalized spacial score (nSPS) is 9.62. The monoisotopic (exact) mass is 332 g/mol. The number of anilines is 1. The molecule has 0 aliphatic carbocycles. The minimum Gasteiger partial charge on any atom is -0.400 e. The molecule has 0 aliphatic rings. The third-order valence-electron chi connectivity index (χ3n) is 3.11. The number of rotatable bonds is 7. The van der Waals surface area contributed by atoms with Crippen LogP contribution in [0.25, 0.3) is 0 Å². The summed E-state index contributed by atoms with van der Waals surface area (Å²) in [5, 5.41) is 21.1. The maximum absolute atomic E-state index is 12.3. The summed E-state index contributed by atoms with van der Waals surface area (Å²) in [6.45, 7) is 0.880. The second-order valence-electron chi connectivity index (χ2n) is 4.60. The lowest BCUT2D eigenvalue weighted by atomic mass is 10.0. The molecule has 0 heterocycles. The summed E-state index contributed by atoms with van der Waals surface area (Å²) in [4.78, 5) is 23.0. The molecule has 0 radical (unpaired) electrons. The van der Waals surface area contributed by atoms with Gasteiger partial charge in [0, 0.05) is 38.0 Å². The number of carbonyl (C=O) groups excluding carboxylic acids is 1. The molecule has 0 spiro atoms. The first-order chi connectivity index (χ1) is 11.6. The summed E-state index contributed by atoms with van der Waals surface area (Å²) in [7, 11) is 2.55. The first kappa shape index (κ1) is 19.3. The summed E-state index contributed by atoms with van der Waals surface area (Å²) >= 11 is 0. The van der Waals surface area contributed by atoms with E-state index in [0.717, 1.165) is 7.11 Å². The number of ether oxygens (including phenoxy) is 1. The highest BCUT2D eigenvalue weighted by molar-refractivity contribution is 6.09. The first-order valence-electron chi connectivity index (χ1n) is 7.19. The second-order valence-corrected chi connectivity index (χ2v) is 4.60. The Morgan fingerprint density at radius 3 is 2.42 bits per heavy atom. The molecule has 0 bridgehead atoms. The Labute approximate surface area is 140 Å². The van der Waals surface area contributed by atoms with E-state index in [4.69, 9.17) is 9.84 Å². The van der Waals surface area contributed by atoms with E-state index < -0.39 is 4.92 Å². The average molecular weight is 332 g/mol. The number of benzene rings is 2. The van der Waals surface area contributed by atoms with Crippen molar-refractivity contribution in [3.63, 3.8) is 0 Å². The van der Waals surface area contributed by atoms with Crippen molar-refractivity contribution in [2.24, 2.45) is 0 Å². The third kappa shape index (κ3) is 5.15. The van der Waals surface area contributed by atoms with Crippen LogP contribution in [0, 0.1) is 10.1 Å². The smallest absolute Gasteiger partial charge is 0.293 e. The molecule has 0 unspecified atom stereocenters. The molecule has 0 fully saturated rings. The lowest BCUT2D eigenvalue weighted by Crippen LogP contribution is -2.10. The molecule has 0 saturated heterocycles. The van der Waals surface area contributed by atoms with Gasteiger partial charge in [0.2, 0.25) is 0 Å². The van der Waals surface area contributed by atoms with E-state index in [2.05, 4.69) is 5.32 Å². The van der Waals surface area contributed by atoms with Gasteiger partial charge >= 0.3 is 0 Å². The Morgan fingerprint density at radius 2 is 1.83 bits per heavy atom. The van der Waals surface area contributed by atoms with Crippen LogP contribution in [0.4, 0.5) is 11.4 Å². The lowest BCUT2D eigenvalue weighted by molar-refractivity contribution is -0.384. The van der Waals surface area contributed by atoms with E-state index in [1.54, 1.807) is 43.5 Å². The van der Waals surface area contributed by atoms with Gasteiger partial charge in [-0.1, -0.05) is 30.3 Å². The Hall–Kier alpha value is -2.77. The Balaban J connectivity index is 0.00000139. The van der Waals surface area contributed by atoms with Crippen LogP contribution in [0.5, 0.6) is 0 Å². The summed E-state index contributed by atoms with van der Waals surface area (Å²) in [6, 6.07) is 13.1. The van der Waals surface area contributed by atoms with Crippen LogP contribution >= 0.6 is 0 Å². The topological polar surface area (TPSA) is 102 Å². The molecule has 0 aliphatic heterocycles. The predicted octanol–water partition coefficient (Wildman–Crippen LogP) is 2.49. The fourth-order valence-corrected chi connectivity index (χ4v) is 2.02. The zero-order valence-corrected chi connectivity index (χ0v) is 13.6. The van der Waals surface area contributed by atoms with Crippen LogP contribution in [0.15, 0.2) is 48.5 Å². The van der Waals surface area contributed by atoms with Crippen molar-refractivity contribution in [3.8, 4) is 0 Å². The van der Waals surface area contributed by atoms with Crippen molar-refractivity contribution in [3.05, 3.63) is 69.8 Å². The van der Waals surface area contributed by atoms with Gasteiger partial charge in [0.05, 0.1) is 11.5 Å². The van der Waals surface area contributed by atoms with E-state index in [-0.39, 0.29) is 17.0 Å². The van der Waals surface area contributed by atoms with E-state index in [0.29, 0.717) is 24.4 Å². The molecular weight excluding hydrogens is 312 g/mol. The van der Waals surface area contributed by atoms with E-state index in [1.807, 2.05) is 6.07 Å². The van der Waals surface area contributed by atoms with Crippen LogP contribution in [-0.4, -0.2) is 43.2 Å². The number of hydrogen-bond donors (Lipinski definition) is 2. The van der Waals surface area contributed by atoms with Crippen molar-refractivity contribution in [2.45, 2.75) is 0 Å². The van der Waals surface area contributed by atoms with Crippen molar-refractivity contribution >= 4 is 17.2 Å². The summed E-state index contributed by atoms with van der Waals surface area (Å²) in [5.41, 5.74) is 1.02. The Kier molecular flexibility index (Phi) is 8.10. The molecule has 7 nitrogen and oxygen atoms in total. The highest BCUT2D eigenvalue weighted by Gasteiger charge is 2.18. The Morgan fingerprint density at radius 1 is 1.17 bits per heavy atom. The van der Waals surface area contributed by atoms with Gasteiger partial charge in [0.15, 0.2) is 5.78 Å². The molecule has 2 N–H and O–H groups in total. The van der Waals surface area contributed by atoms with Crippen LogP contribution in [0.1, 0.15) is 15.9 Å². The number of nitro benzene ring substituents is 1. The van der Waals surface area contributed by atoms with Crippen LogP contribution in [-0.2, 0) is 4.74 Å². The van der Waals surface area contributed by atoms with Crippen molar-refractivity contribution in [2.75, 3.05) is 32.7 Å². The predicted molar refractivity (Wildman–Crippen MR) is 91.5 cm³/mol. The first-order valence-corrected chi connectivity index (χ1v) is 7.19. The van der Waals surface area contributed by atoms with Crippen LogP contribution in [0.3, 0.4) is 0 Å².